The largest absolute Gasteiger partial charge is 0.493 e. The number of likely N-dealkylation sites (N-methyl/N-ethyl adjacent to an activating group) is 1. The van der Waals surface area contributed by atoms with Gasteiger partial charge in [-0.25, -0.2) is 9.37 Å². The highest BCUT2D eigenvalue weighted by molar-refractivity contribution is 6.06. The smallest absolute Gasteiger partial charge is 0.262 e. The van der Waals surface area contributed by atoms with E-state index in [2.05, 4.69) is 42.4 Å². The Morgan fingerprint density at radius 2 is 1.69 bits per heavy atom. The second-order valence-corrected chi connectivity index (χ2v) is 12.5. The fraction of sp³-hybridized carbons (Fsp3) is 0.282. The second kappa shape index (κ2) is 16.4. The van der Waals surface area contributed by atoms with Crippen molar-refractivity contribution in [2.24, 2.45) is 0 Å². The van der Waals surface area contributed by atoms with Crippen LogP contribution in [-0.2, 0) is 0 Å². The maximum Gasteiger partial charge on any atom is 0.262 e. The summed E-state index contributed by atoms with van der Waals surface area (Å²) < 4.78 is 32.8. The van der Waals surface area contributed by atoms with Gasteiger partial charge in [-0.3, -0.25) is 9.78 Å². The number of benzene rings is 3. The number of piperazine rings is 1. The van der Waals surface area contributed by atoms with Gasteiger partial charge in [0.1, 0.15) is 5.56 Å². The molecule has 0 saturated carbocycles. The minimum absolute atomic E-state index is 0.0237. The fourth-order valence-electron chi connectivity index (χ4n) is 5.79. The van der Waals surface area contributed by atoms with E-state index in [1.807, 2.05) is 56.3 Å². The molecule has 264 valence electrons. The Morgan fingerprint density at radius 3 is 2.41 bits per heavy atom. The van der Waals surface area contributed by atoms with Crippen LogP contribution in [0.25, 0.3) is 11.1 Å². The summed E-state index contributed by atoms with van der Waals surface area (Å²) in [5, 5.41) is 6.01. The topological polar surface area (TPSA) is 114 Å². The van der Waals surface area contributed by atoms with Crippen LogP contribution in [0, 0.1) is 19.7 Å². The van der Waals surface area contributed by atoms with Gasteiger partial charge in [0.15, 0.2) is 23.1 Å². The Hall–Kier alpha value is -5.59. The Kier molecular flexibility index (Phi) is 11.3. The summed E-state index contributed by atoms with van der Waals surface area (Å²) in [7, 11) is 3.66. The van der Waals surface area contributed by atoms with E-state index in [9.17, 15) is 4.79 Å². The quantitative estimate of drug-likeness (QED) is 0.124. The molecule has 0 unspecified atom stereocenters. The average molecular weight is 692 g/mol. The Bertz CT molecular complexity index is 1950. The molecule has 1 fully saturated rings. The zero-order chi connectivity index (χ0) is 35.7. The van der Waals surface area contributed by atoms with Crippen molar-refractivity contribution in [2.75, 3.05) is 64.1 Å². The summed E-state index contributed by atoms with van der Waals surface area (Å²) in [5.74, 6) is 0.0236. The van der Waals surface area contributed by atoms with E-state index >= 15 is 4.39 Å². The van der Waals surface area contributed by atoms with Crippen LogP contribution < -0.4 is 24.8 Å². The molecule has 3 heterocycles. The molecule has 0 aliphatic carbocycles. The molecule has 1 aliphatic rings. The molecule has 0 spiro atoms. The second-order valence-electron chi connectivity index (χ2n) is 12.5. The van der Waals surface area contributed by atoms with Gasteiger partial charge in [0.2, 0.25) is 11.8 Å². The normalized spacial score (nSPS) is 13.4. The van der Waals surface area contributed by atoms with Crippen LogP contribution in [0.3, 0.4) is 0 Å². The van der Waals surface area contributed by atoms with Crippen molar-refractivity contribution in [3.63, 3.8) is 0 Å². The number of hydrogen-bond acceptors (Lipinski definition) is 10. The average Bonchev–Trinajstić information content (AvgIpc) is 3.14. The molecule has 6 rings (SSSR count). The van der Waals surface area contributed by atoms with Gasteiger partial charge in [0.05, 0.1) is 13.7 Å². The van der Waals surface area contributed by atoms with Gasteiger partial charge in [-0.2, -0.15) is 4.98 Å². The van der Waals surface area contributed by atoms with Crippen LogP contribution in [-0.4, -0.2) is 84.1 Å². The first-order valence-corrected chi connectivity index (χ1v) is 16.9. The monoisotopic (exact) mass is 691 g/mol. The summed E-state index contributed by atoms with van der Waals surface area (Å²) in [6, 6.07) is 19.6. The molecule has 12 heteroatoms. The number of anilines is 3. The minimum Gasteiger partial charge on any atom is -0.493 e. The van der Waals surface area contributed by atoms with Crippen LogP contribution in [0.2, 0.25) is 0 Å². The first-order chi connectivity index (χ1) is 24.8. The number of methoxy groups -OCH3 is 1. The number of hydrogen-bond donors (Lipinski definition) is 2. The molecule has 51 heavy (non-hydrogen) atoms. The summed E-state index contributed by atoms with van der Waals surface area (Å²) in [6.07, 6.45) is 5.64. The molecule has 2 aromatic heterocycles. The third kappa shape index (κ3) is 8.96. The predicted molar refractivity (Wildman–Crippen MR) is 196 cm³/mol. The van der Waals surface area contributed by atoms with Crippen molar-refractivity contribution in [3.05, 3.63) is 108 Å². The van der Waals surface area contributed by atoms with E-state index in [4.69, 9.17) is 14.2 Å². The van der Waals surface area contributed by atoms with Crippen molar-refractivity contribution in [1.82, 2.24) is 24.8 Å². The van der Waals surface area contributed by atoms with Crippen molar-refractivity contribution < 1.29 is 23.4 Å². The Balaban J connectivity index is 1.21. The molecule has 1 amide bonds. The maximum atomic E-state index is 15.1. The van der Waals surface area contributed by atoms with E-state index in [0.717, 1.165) is 61.4 Å². The molecule has 0 radical (unpaired) electrons. The van der Waals surface area contributed by atoms with E-state index in [1.165, 1.54) is 19.4 Å². The van der Waals surface area contributed by atoms with Gasteiger partial charge in [-0.15, -0.1) is 0 Å². The summed E-state index contributed by atoms with van der Waals surface area (Å²) in [5.41, 5.74) is 4.76. The number of aryl methyl sites for hydroxylation is 2. The lowest BCUT2D eigenvalue weighted by Gasteiger charge is -2.32. The lowest BCUT2D eigenvalue weighted by Crippen LogP contribution is -2.44. The first kappa shape index (κ1) is 35.2. The highest BCUT2D eigenvalue weighted by Gasteiger charge is 2.21. The lowest BCUT2D eigenvalue weighted by molar-refractivity contribution is 0.102. The van der Waals surface area contributed by atoms with E-state index < -0.39 is 11.7 Å². The van der Waals surface area contributed by atoms with Gasteiger partial charge in [-0.05, 0) is 74.3 Å². The number of pyridine rings is 1. The molecule has 11 nitrogen and oxygen atoms in total. The number of rotatable bonds is 13. The number of para-hydroxylation sites is 1. The van der Waals surface area contributed by atoms with E-state index in [0.29, 0.717) is 29.5 Å². The third-order valence-corrected chi connectivity index (χ3v) is 8.74. The first-order valence-electron chi connectivity index (χ1n) is 16.9. The number of carbonyl (C=O) groups excluding carboxylic acids is 1. The number of aromatic nitrogens is 3. The fourth-order valence-corrected chi connectivity index (χ4v) is 5.79. The molecular weight excluding hydrogens is 649 g/mol. The van der Waals surface area contributed by atoms with Gasteiger partial charge in [-0.1, -0.05) is 30.3 Å². The van der Waals surface area contributed by atoms with Crippen molar-refractivity contribution >= 4 is 23.2 Å². The predicted octanol–water partition coefficient (Wildman–Crippen LogP) is 7.11. The molecule has 2 N–H and O–H groups in total. The highest BCUT2D eigenvalue weighted by Crippen LogP contribution is 2.36. The Morgan fingerprint density at radius 1 is 0.902 bits per heavy atom. The van der Waals surface area contributed by atoms with Crippen LogP contribution in [0.15, 0.2) is 85.3 Å². The van der Waals surface area contributed by atoms with Crippen LogP contribution in [0.4, 0.5) is 21.7 Å². The number of carbonyl (C=O) groups is 1. The van der Waals surface area contributed by atoms with Gasteiger partial charge >= 0.3 is 0 Å². The third-order valence-electron chi connectivity index (χ3n) is 8.74. The maximum absolute atomic E-state index is 15.1. The molecule has 0 atom stereocenters. The summed E-state index contributed by atoms with van der Waals surface area (Å²) >= 11 is 0. The molecular formula is C39H42FN7O4. The molecule has 5 aromatic rings. The summed E-state index contributed by atoms with van der Waals surface area (Å²) in [6.45, 7) is 9.34. The number of ether oxygens (including phenoxy) is 3. The zero-order valence-corrected chi connectivity index (χ0v) is 29.3. The summed E-state index contributed by atoms with van der Waals surface area (Å²) in [4.78, 5) is 31.5. The van der Waals surface area contributed by atoms with Crippen LogP contribution >= 0.6 is 0 Å². The van der Waals surface area contributed by atoms with Gasteiger partial charge in [0, 0.05) is 74.3 Å². The number of amides is 1. The van der Waals surface area contributed by atoms with Gasteiger partial charge < -0.3 is 34.6 Å². The van der Waals surface area contributed by atoms with E-state index in [1.54, 1.807) is 30.6 Å². The van der Waals surface area contributed by atoms with Crippen LogP contribution in [0.5, 0.6) is 23.1 Å². The molecule has 1 saturated heterocycles. The minimum atomic E-state index is -0.515. The van der Waals surface area contributed by atoms with E-state index in [-0.39, 0.29) is 23.1 Å². The van der Waals surface area contributed by atoms with Crippen molar-refractivity contribution in [3.8, 4) is 34.3 Å². The number of nitrogens with one attached hydrogen (secondary N) is 2. The van der Waals surface area contributed by atoms with Crippen molar-refractivity contribution in [1.29, 1.82) is 0 Å². The Labute approximate surface area is 297 Å². The number of nitrogens with zero attached hydrogens (tertiary/aromatic N) is 5. The van der Waals surface area contributed by atoms with Gasteiger partial charge in [0.25, 0.3) is 5.91 Å². The molecule has 1 aliphatic heterocycles. The standard InChI is InChI=1S/C39H42FN7O4/c1-26-8-5-9-27(2)36(26)44-37(48)31-25-42-39(45-38(31)51-34-13-11-28(22-35(34)49-4)29-10-6-15-41-24-29)43-30-12-14-33(32(40)23-30)50-21-7-16-47-19-17-46(3)18-20-47/h5-6,8-15,22-25H,7,16-21H2,1-4H3,(H,44,48)(H,42,43,45). The number of halogens is 1. The highest BCUT2D eigenvalue weighted by atomic mass is 19.1. The molecule has 3 aromatic carbocycles. The van der Waals surface area contributed by atoms with Crippen molar-refractivity contribution in [2.45, 2.75) is 20.3 Å². The lowest BCUT2D eigenvalue weighted by atomic mass is 10.1. The molecule has 0 bridgehead atoms. The SMILES string of the molecule is COc1cc(-c2cccnc2)ccc1Oc1nc(Nc2ccc(OCCCN3CCN(C)CC3)c(F)c2)ncc1C(=O)Nc1c(C)cccc1C. The van der Waals surface area contributed by atoms with Crippen LogP contribution in [0.1, 0.15) is 27.9 Å². The zero-order valence-electron chi connectivity index (χ0n) is 29.3.